The molecule has 2 rings (SSSR count). The summed E-state index contributed by atoms with van der Waals surface area (Å²) >= 11 is 0. The van der Waals surface area contributed by atoms with Gasteiger partial charge in [0.05, 0.1) is 4.90 Å². The number of likely N-dealkylation sites (tertiary alicyclic amines) is 1. The third-order valence-corrected chi connectivity index (χ3v) is 8.50. The highest BCUT2D eigenvalue weighted by Crippen LogP contribution is 2.22. The number of sulfonamides is 1. The predicted octanol–water partition coefficient (Wildman–Crippen LogP) is 2.54. The smallest absolute Gasteiger partial charge is 0.326 e. The highest BCUT2D eigenvalue weighted by atomic mass is 32.2. The van der Waals surface area contributed by atoms with Crippen LogP contribution in [0.2, 0.25) is 0 Å². The minimum absolute atomic E-state index is 0.105. The number of hydrogen-bond acceptors (Lipinski definition) is 5. The maximum Gasteiger partial charge on any atom is 0.326 e. The summed E-state index contributed by atoms with van der Waals surface area (Å²) in [6, 6.07) is 4.59. The van der Waals surface area contributed by atoms with Gasteiger partial charge in [-0.25, -0.2) is 13.2 Å². The second kappa shape index (κ2) is 12.5. The topological polar surface area (TPSA) is 133 Å². The fourth-order valence-corrected chi connectivity index (χ4v) is 5.41. The van der Waals surface area contributed by atoms with Gasteiger partial charge >= 0.3 is 5.97 Å². The lowest BCUT2D eigenvalue weighted by molar-refractivity contribution is -0.144. The Morgan fingerprint density at radius 1 is 1.00 bits per heavy atom. The van der Waals surface area contributed by atoms with E-state index in [2.05, 4.69) is 10.0 Å². The van der Waals surface area contributed by atoms with E-state index in [1.165, 1.54) is 12.1 Å². The van der Waals surface area contributed by atoms with Crippen molar-refractivity contribution in [2.24, 2.45) is 17.8 Å². The van der Waals surface area contributed by atoms with E-state index in [1.54, 1.807) is 24.0 Å². The monoisotopic (exact) mass is 509 g/mol. The van der Waals surface area contributed by atoms with Gasteiger partial charge in [-0.2, -0.15) is 4.72 Å². The minimum Gasteiger partial charge on any atom is -0.480 e. The molecule has 1 aromatic carbocycles. The van der Waals surface area contributed by atoms with Gasteiger partial charge in [-0.05, 0) is 43.7 Å². The summed E-state index contributed by atoms with van der Waals surface area (Å²) in [6.45, 7) is 9.86. The van der Waals surface area contributed by atoms with E-state index in [0.717, 1.165) is 5.56 Å². The molecule has 4 atom stereocenters. The summed E-state index contributed by atoms with van der Waals surface area (Å²) in [5.41, 5.74) is 0.934. The number of aliphatic carboxylic acids is 1. The summed E-state index contributed by atoms with van der Waals surface area (Å²) < 4.78 is 28.5. The molecule has 35 heavy (non-hydrogen) atoms. The standard InChI is InChI=1S/C25H39N3O6S/c1-6-17(4)21(27-35(33,34)20-10-8-16(3)9-11-20)24(30)28-14-12-19(13-15-28)23(29)26-22(25(31)32)18(5)7-2/h8-11,17-19,21-22,27H,6-7,12-15H2,1-5H3,(H,26,29)(H,31,32). The van der Waals surface area contributed by atoms with Crippen molar-refractivity contribution in [3.63, 3.8) is 0 Å². The highest BCUT2D eigenvalue weighted by Gasteiger charge is 2.36. The number of carbonyl (C=O) groups excluding carboxylic acids is 2. The largest absolute Gasteiger partial charge is 0.480 e. The molecule has 2 amide bonds. The van der Waals surface area contributed by atoms with Gasteiger partial charge < -0.3 is 15.3 Å². The maximum atomic E-state index is 13.4. The third kappa shape index (κ3) is 7.51. The average Bonchev–Trinajstić information content (AvgIpc) is 2.84. The normalized spacial score (nSPS) is 18.4. The lowest BCUT2D eigenvalue weighted by atomic mass is 9.92. The Bertz CT molecular complexity index is 987. The number of carbonyl (C=O) groups is 3. The molecule has 1 aliphatic heterocycles. The molecule has 10 heteroatoms. The number of piperidine rings is 1. The summed E-state index contributed by atoms with van der Waals surface area (Å²) in [4.78, 5) is 39.3. The van der Waals surface area contributed by atoms with Crippen LogP contribution in [-0.4, -0.2) is 61.4 Å². The van der Waals surface area contributed by atoms with Crippen LogP contribution < -0.4 is 10.0 Å². The van der Waals surface area contributed by atoms with E-state index >= 15 is 0 Å². The number of carboxylic acids is 1. The van der Waals surface area contributed by atoms with Crippen molar-refractivity contribution in [1.29, 1.82) is 0 Å². The van der Waals surface area contributed by atoms with Crippen molar-refractivity contribution in [3.05, 3.63) is 29.8 Å². The van der Waals surface area contributed by atoms with Crippen molar-refractivity contribution in [3.8, 4) is 0 Å². The van der Waals surface area contributed by atoms with E-state index < -0.39 is 34.0 Å². The van der Waals surface area contributed by atoms with E-state index in [1.807, 2.05) is 27.7 Å². The lowest BCUT2D eigenvalue weighted by Crippen LogP contribution is -2.54. The molecule has 1 heterocycles. The third-order valence-electron chi connectivity index (χ3n) is 7.05. The van der Waals surface area contributed by atoms with Crippen molar-refractivity contribution in [1.82, 2.24) is 14.9 Å². The van der Waals surface area contributed by atoms with Gasteiger partial charge in [0, 0.05) is 19.0 Å². The first kappa shape index (κ1) is 28.8. The molecule has 0 aromatic heterocycles. The number of nitrogens with one attached hydrogen (secondary N) is 2. The Labute approximate surface area is 208 Å². The fourth-order valence-electron chi connectivity index (χ4n) is 4.11. The highest BCUT2D eigenvalue weighted by molar-refractivity contribution is 7.89. The second-order valence-electron chi connectivity index (χ2n) is 9.61. The zero-order chi connectivity index (χ0) is 26.3. The number of hydrogen-bond donors (Lipinski definition) is 3. The van der Waals surface area contributed by atoms with Gasteiger partial charge in [-0.1, -0.05) is 58.2 Å². The van der Waals surface area contributed by atoms with Crippen LogP contribution in [0, 0.1) is 24.7 Å². The fraction of sp³-hybridized carbons (Fsp3) is 0.640. The van der Waals surface area contributed by atoms with Crippen LogP contribution in [0.5, 0.6) is 0 Å². The van der Waals surface area contributed by atoms with Gasteiger partial charge in [-0.15, -0.1) is 0 Å². The molecule has 196 valence electrons. The lowest BCUT2D eigenvalue weighted by Gasteiger charge is -2.35. The molecule has 3 N–H and O–H groups in total. The number of carboxylic acid groups (broad SMARTS) is 1. The number of benzene rings is 1. The Morgan fingerprint density at radius 2 is 1.51 bits per heavy atom. The van der Waals surface area contributed by atoms with Gasteiger partial charge in [0.25, 0.3) is 0 Å². The summed E-state index contributed by atoms with van der Waals surface area (Å²) in [5, 5.41) is 12.1. The van der Waals surface area contributed by atoms with Gasteiger partial charge in [-0.3, -0.25) is 9.59 Å². The molecule has 4 unspecified atom stereocenters. The molecule has 1 aliphatic rings. The summed E-state index contributed by atoms with van der Waals surface area (Å²) in [5.74, 6) is -2.50. The summed E-state index contributed by atoms with van der Waals surface area (Å²) in [7, 11) is -3.89. The molecule has 0 saturated carbocycles. The van der Waals surface area contributed by atoms with E-state index in [9.17, 15) is 27.9 Å². The van der Waals surface area contributed by atoms with Gasteiger partial charge in [0.1, 0.15) is 12.1 Å². The Morgan fingerprint density at radius 3 is 2.00 bits per heavy atom. The minimum atomic E-state index is -3.89. The van der Waals surface area contributed by atoms with Crippen LogP contribution in [0.1, 0.15) is 58.9 Å². The second-order valence-corrected chi connectivity index (χ2v) is 11.3. The van der Waals surface area contributed by atoms with Gasteiger partial charge in [0.15, 0.2) is 0 Å². The number of rotatable bonds is 11. The molecule has 9 nitrogen and oxygen atoms in total. The zero-order valence-corrected chi connectivity index (χ0v) is 22.1. The Hall–Kier alpha value is -2.46. The first-order chi connectivity index (χ1) is 16.4. The average molecular weight is 510 g/mol. The van der Waals surface area contributed by atoms with Crippen molar-refractivity contribution in [2.45, 2.75) is 77.3 Å². The van der Waals surface area contributed by atoms with Crippen LogP contribution in [0.25, 0.3) is 0 Å². The van der Waals surface area contributed by atoms with Crippen LogP contribution in [-0.2, 0) is 24.4 Å². The molecule has 1 aromatic rings. The maximum absolute atomic E-state index is 13.4. The molecular weight excluding hydrogens is 470 g/mol. The van der Waals surface area contributed by atoms with Crippen LogP contribution in [0.15, 0.2) is 29.2 Å². The summed E-state index contributed by atoms with van der Waals surface area (Å²) in [6.07, 6.45) is 2.02. The first-order valence-corrected chi connectivity index (χ1v) is 13.8. The first-order valence-electron chi connectivity index (χ1n) is 12.3. The van der Waals surface area contributed by atoms with Gasteiger partial charge in [0.2, 0.25) is 21.8 Å². The molecule has 0 bridgehead atoms. The van der Waals surface area contributed by atoms with E-state index in [-0.39, 0.29) is 28.5 Å². The molecule has 0 radical (unpaired) electrons. The Kier molecular flexibility index (Phi) is 10.3. The molecular formula is C25H39N3O6S. The van der Waals surface area contributed by atoms with Crippen molar-refractivity contribution >= 4 is 27.8 Å². The van der Waals surface area contributed by atoms with Crippen molar-refractivity contribution < 1.29 is 27.9 Å². The number of aryl methyl sites for hydroxylation is 1. The molecule has 1 fully saturated rings. The van der Waals surface area contributed by atoms with Crippen molar-refractivity contribution in [2.75, 3.05) is 13.1 Å². The number of amides is 2. The molecule has 1 saturated heterocycles. The van der Waals surface area contributed by atoms with Crippen LogP contribution in [0.3, 0.4) is 0 Å². The Balaban J connectivity index is 2.06. The molecule has 0 aliphatic carbocycles. The number of nitrogens with zero attached hydrogens (tertiary/aromatic N) is 1. The van der Waals surface area contributed by atoms with Crippen LogP contribution >= 0.6 is 0 Å². The SMILES string of the molecule is CCC(C)C(NC(=O)C1CCN(C(=O)C(NS(=O)(=O)c2ccc(C)cc2)C(C)CC)CC1)C(=O)O. The quantitative estimate of drug-likeness (QED) is 0.420. The van der Waals surface area contributed by atoms with E-state index in [0.29, 0.717) is 38.8 Å². The van der Waals surface area contributed by atoms with E-state index in [4.69, 9.17) is 0 Å². The molecule has 0 spiro atoms. The predicted molar refractivity (Wildman–Crippen MR) is 133 cm³/mol. The van der Waals surface area contributed by atoms with Crippen LogP contribution in [0.4, 0.5) is 0 Å². The zero-order valence-electron chi connectivity index (χ0n) is 21.3.